The minimum atomic E-state index is -0.860. The summed E-state index contributed by atoms with van der Waals surface area (Å²) >= 11 is 0. The molecule has 0 spiro atoms. The molecule has 140 valence electrons. The van der Waals surface area contributed by atoms with E-state index in [2.05, 4.69) is 5.32 Å². The number of oxazole rings is 1. The molecule has 1 aromatic heterocycles. The van der Waals surface area contributed by atoms with Gasteiger partial charge in [0.25, 0.3) is 5.69 Å². The Morgan fingerprint density at radius 2 is 2.04 bits per heavy atom. The highest BCUT2D eigenvalue weighted by atomic mass is 19.1. The summed E-state index contributed by atoms with van der Waals surface area (Å²) in [6, 6.07) is 5.79. The predicted octanol–water partition coefficient (Wildman–Crippen LogP) is 2.66. The second-order valence-corrected chi connectivity index (χ2v) is 5.82. The number of aromatic nitrogens is 1. The predicted molar refractivity (Wildman–Crippen MR) is 90.0 cm³/mol. The third kappa shape index (κ3) is 3.68. The normalized spacial score (nSPS) is 12.1. The second-order valence-electron chi connectivity index (χ2n) is 5.82. The van der Waals surface area contributed by atoms with Crippen molar-refractivity contribution in [3.8, 4) is 0 Å². The van der Waals surface area contributed by atoms with Gasteiger partial charge in [-0.15, -0.1) is 0 Å². The summed E-state index contributed by atoms with van der Waals surface area (Å²) in [6.07, 6.45) is 0. The lowest BCUT2D eigenvalue weighted by atomic mass is 10.1. The maximum atomic E-state index is 13.8. The fourth-order valence-electron chi connectivity index (χ4n) is 2.68. The monoisotopic (exact) mass is 377 g/mol. The number of hydrogen-bond donors (Lipinski definition) is 1. The number of fused-ring (bicyclic) bond motifs is 1. The van der Waals surface area contributed by atoms with Crippen molar-refractivity contribution in [3.63, 3.8) is 0 Å². The van der Waals surface area contributed by atoms with E-state index in [1.54, 1.807) is 0 Å². The number of nitrogens with one attached hydrogen (secondary N) is 1. The van der Waals surface area contributed by atoms with Crippen LogP contribution in [0.5, 0.6) is 0 Å². The number of carbonyl (C=O) groups excluding carboxylic acids is 1. The zero-order chi connectivity index (χ0) is 19.7. The fraction of sp³-hybridized carbons (Fsp3) is 0.176. The Kier molecular flexibility index (Phi) is 4.72. The molecule has 10 heteroatoms. The zero-order valence-electron chi connectivity index (χ0n) is 13.9. The lowest BCUT2D eigenvalue weighted by Crippen LogP contribution is -2.33. The van der Waals surface area contributed by atoms with Crippen LogP contribution in [0.4, 0.5) is 14.5 Å². The number of nitro groups is 1. The van der Waals surface area contributed by atoms with E-state index in [0.29, 0.717) is 6.07 Å². The highest BCUT2D eigenvalue weighted by molar-refractivity contribution is 5.80. The number of amides is 1. The van der Waals surface area contributed by atoms with Crippen molar-refractivity contribution in [3.05, 3.63) is 74.3 Å². The van der Waals surface area contributed by atoms with Crippen molar-refractivity contribution in [2.75, 3.05) is 0 Å². The molecular formula is C17H13F2N3O5. The summed E-state index contributed by atoms with van der Waals surface area (Å²) in [7, 11) is 0. The molecule has 0 saturated carbocycles. The number of benzene rings is 2. The first-order valence-corrected chi connectivity index (χ1v) is 7.78. The van der Waals surface area contributed by atoms with Crippen LogP contribution in [0.3, 0.4) is 0 Å². The highest BCUT2D eigenvalue weighted by Crippen LogP contribution is 2.21. The third-order valence-electron chi connectivity index (χ3n) is 3.97. The van der Waals surface area contributed by atoms with E-state index in [9.17, 15) is 28.5 Å². The number of nitro benzene ring substituents is 1. The lowest BCUT2D eigenvalue weighted by Gasteiger charge is -2.15. The van der Waals surface area contributed by atoms with Gasteiger partial charge in [0.1, 0.15) is 18.2 Å². The van der Waals surface area contributed by atoms with Gasteiger partial charge >= 0.3 is 5.76 Å². The van der Waals surface area contributed by atoms with E-state index in [4.69, 9.17) is 4.42 Å². The molecule has 0 aliphatic carbocycles. The lowest BCUT2D eigenvalue weighted by molar-refractivity contribution is -0.384. The largest absolute Gasteiger partial charge is 0.420 e. The van der Waals surface area contributed by atoms with Gasteiger partial charge in [0, 0.05) is 17.7 Å². The van der Waals surface area contributed by atoms with Gasteiger partial charge in [-0.2, -0.15) is 0 Å². The summed E-state index contributed by atoms with van der Waals surface area (Å²) in [5.74, 6) is -3.02. The summed E-state index contributed by atoms with van der Waals surface area (Å²) in [4.78, 5) is 34.3. The molecule has 8 nitrogen and oxygen atoms in total. The van der Waals surface area contributed by atoms with Gasteiger partial charge in [0.05, 0.1) is 22.5 Å². The van der Waals surface area contributed by atoms with E-state index in [-0.39, 0.29) is 22.4 Å². The number of hydrogen-bond acceptors (Lipinski definition) is 5. The van der Waals surface area contributed by atoms with Gasteiger partial charge in [-0.25, -0.2) is 13.6 Å². The zero-order valence-corrected chi connectivity index (χ0v) is 13.9. The molecule has 27 heavy (non-hydrogen) atoms. The standard InChI is InChI=1S/C17H13F2N3O5/c1-9(12-4-2-10(18)6-13(12)19)20-16(23)8-21-14-5-3-11(22(25)26)7-15(14)27-17(21)24/h2-7,9H,8H2,1H3,(H,20,23). The van der Waals surface area contributed by atoms with Crippen molar-refractivity contribution in [1.29, 1.82) is 0 Å². The quantitative estimate of drug-likeness (QED) is 0.543. The molecule has 2 aromatic carbocycles. The first-order chi connectivity index (χ1) is 12.8. The van der Waals surface area contributed by atoms with Gasteiger partial charge < -0.3 is 9.73 Å². The average Bonchev–Trinajstić information content (AvgIpc) is 2.89. The van der Waals surface area contributed by atoms with Crippen LogP contribution in [0.25, 0.3) is 11.1 Å². The van der Waals surface area contributed by atoms with Crippen LogP contribution < -0.4 is 11.1 Å². The number of halogens is 2. The van der Waals surface area contributed by atoms with Crippen LogP contribution in [0.15, 0.2) is 45.6 Å². The number of nitrogens with zero attached hydrogens (tertiary/aromatic N) is 2. The van der Waals surface area contributed by atoms with Crippen molar-refractivity contribution in [2.24, 2.45) is 0 Å². The molecule has 0 aliphatic rings. The molecule has 0 bridgehead atoms. The Balaban J connectivity index is 1.80. The van der Waals surface area contributed by atoms with E-state index in [0.717, 1.165) is 16.7 Å². The molecule has 1 amide bonds. The molecule has 3 rings (SSSR count). The van der Waals surface area contributed by atoms with E-state index in [1.165, 1.54) is 25.1 Å². The topological polar surface area (TPSA) is 107 Å². The first kappa shape index (κ1) is 18.2. The van der Waals surface area contributed by atoms with Crippen LogP contribution in [0.1, 0.15) is 18.5 Å². The van der Waals surface area contributed by atoms with Crippen LogP contribution in [-0.2, 0) is 11.3 Å². The maximum Gasteiger partial charge on any atom is 0.420 e. The SMILES string of the molecule is CC(NC(=O)Cn1c(=O)oc2cc([N+](=O)[O-])ccc21)c1ccc(F)cc1F. The first-order valence-electron chi connectivity index (χ1n) is 7.78. The summed E-state index contributed by atoms with van der Waals surface area (Å²) in [5, 5.41) is 13.3. The Labute approximate surface area is 150 Å². The summed E-state index contributed by atoms with van der Waals surface area (Å²) in [5.41, 5.74) is 0.0130. The average molecular weight is 377 g/mol. The van der Waals surface area contributed by atoms with Crippen molar-refractivity contribution >= 4 is 22.7 Å². The molecule has 0 aliphatic heterocycles. The molecule has 0 saturated heterocycles. The van der Waals surface area contributed by atoms with Crippen molar-refractivity contribution in [1.82, 2.24) is 9.88 Å². The Hall–Kier alpha value is -3.56. The molecule has 1 unspecified atom stereocenters. The molecule has 0 radical (unpaired) electrons. The van der Waals surface area contributed by atoms with Gasteiger partial charge in [0.2, 0.25) is 5.91 Å². The van der Waals surface area contributed by atoms with E-state index < -0.39 is 40.8 Å². The van der Waals surface area contributed by atoms with E-state index >= 15 is 0 Å². The smallest absolute Gasteiger partial charge is 0.407 e. The Morgan fingerprint density at radius 3 is 2.70 bits per heavy atom. The summed E-state index contributed by atoms with van der Waals surface area (Å²) in [6.45, 7) is 1.07. The van der Waals surface area contributed by atoms with Gasteiger partial charge in [-0.1, -0.05) is 6.07 Å². The summed E-state index contributed by atoms with van der Waals surface area (Å²) < 4.78 is 32.7. The molecular weight excluding hydrogens is 364 g/mol. The van der Waals surface area contributed by atoms with Crippen LogP contribution in [0, 0.1) is 21.7 Å². The van der Waals surface area contributed by atoms with Crippen molar-refractivity contribution in [2.45, 2.75) is 19.5 Å². The highest BCUT2D eigenvalue weighted by Gasteiger charge is 2.18. The number of carbonyl (C=O) groups is 1. The van der Waals surface area contributed by atoms with E-state index in [1.807, 2.05) is 0 Å². The number of rotatable bonds is 5. The molecule has 1 N–H and O–H groups in total. The van der Waals surface area contributed by atoms with Gasteiger partial charge in [-0.3, -0.25) is 19.5 Å². The number of non-ortho nitro benzene ring substituents is 1. The molecule has 1 heterocycles. The molecule has 3 aromatic rings. The minimum absolute atomic E-state index is 0.0281. The second kappa shape index (κ2) is 6.98. The van der Waals surface area contributed by atoms with Crippen LogP contribution in [-0.4, -0.2) is 15.4 Å². The third-order valence-corrected chi connectivity index (χ3v) is 3.97. The Morgan fingerprint density at radius 1 is 1.30 bits per heavy atom. The fourth-order valence-corrected chi connectivity index (χ4v) is 2.68. The maximum absolute atomic E-state index is 13.8. The van der Waals surface area contributed by atoms with Crippen LogP contribution >= 0.6 is 0 Å². The Bertz CT molecular complexity index is 1110. The van der Waals surface area contributed by atoms with Crippen LogP contribution in [0.2, 0.25) is 0 Å². The van der Waals surface area contributed by atoms with Gasteiger partial charge in [-0.05, 0) is 19.1 Å². The van der Waals surface area contributed by atoms with Crippen molar-refractivity contribution < 1.29 is 22.9 Å². The minimum Gasteiger partial charge on any atom is -0.407 e. The molecule has 0 fully saturated rings. The van der Waals surface area contributed by atoms with Gasteiger partial charge in [0.15, 0.2) is 5.58 Å². The molecule has 1 atom stereocenters.